The molecule has 3 heteroatoms. The topological polar surface area (TPSA) is 12.0 Å². The van der Waals surface area contributed by atoms with E-state index in [1.807, 2.05) is 0 Å². The minimum atomic E-state index is 0.342. The summed E-state index contributed by atoms with van der Waals surface area (Å²) in [5.41, 5.74) is 3.89. The van der Waals surface area contributed by atoms with Crippen molar-refractivity contribution in [3.63, 3.8) is 0 Å². The normalized spacial score (nSPS) is 12.2. The summed E-state index contributed by atoms with van der Waals surface area (Å²) in [6, 6.07) is 15.3. The number of rotatable bonds is 5. The van der Waals surface area contributed by atoms with Crippen molar-refractivity contribution >= 4 is 37.5 Å². The van der Waals surface area contributed by atoms with Crippen LogP contribution in [0.3, 0.4) is 0 Å². The lowest BCUT2D eigenvalue weighted by atomic mass is 10.0. The molecule has 0 heterocycles. The van der Waals surface area contributed by atoms with Crippen molar-refractivity contribution in [2.45, 2.75) is 32.7 Å². The van der Waals surface area contributed by atoms with E-state index in [0.717, 1.165) is 21.8 Å². The first-order valence-corrected chi connectivity index (χ1v) is 8.53. The number of aryl methyl sites for hydroxylation is 1. The number of hydrogen-bond acceptors (Lipinski definition) is 1. The first-order valence-electron chi connectivity index (χ1n) is 6.94. The van der Waals surface area contributed by atoms with E-state index in [1.54, 1.807) is 0 Å². The highest BCUT2D eigenvalue weighted by Crippen LogP contribution is 2.28. The van der Waals surface area contributed by atoms with Gasteiger partial charge in [-0.2, -0.15) is 0 Å². The molecule has 0 spiro atoms. The van der Waals surface area contributed by atoms with Crippen LogP contribution < -0.4 is 5.32 Å². The zero-order valence-electron chi connectivity index (χ0n) is 11.8. The third-order valence-corrected chi connectivity index (χ3v) is 4.48. The van der Waals surface area contributed by atoms with Crippen LogP contribution in [0.2, 0.25) is 0 Å². The third kappa shape index (κ3) is 3.86. The fourth-order valence-corrected chi connectivity index (χ4v) is 2.97. The molecular formula is C17H19Br2N. The van der Waals surface area contributed by atoms with Gasteiger partial charge in [0.15, 0.2) is 0 Å². The van der Waals surface area contributed by atoms with Crippen molar-refractivity contribution in [3.05, 3.63) is 62.5 Å². The summed E-state index contributed by atoms with van der Waals surface area (Å²) >= 11 is 7.03. The molecule has 0 amide bonds. The fourth-order valence-electron chi connectivity index (χ4n) is 2.30. The van der Waals surface area contributed by atoms with Crippen LogP contribution in [0.25, 0.3) is 0 Å². The molecule has 2 aromatic rings. The van der Waals surface area contributed by atoms with Crippen molar-refractivity contribution in [1.82, 2.24) is 0 Å². The molecule has 0 saturated carbocycles. The van der Waals surface area contributed by atoms with E-state index in [2.05, 4.69) is 93.5 Å². The summed E-state index contributed by atoms with van der Waals surface area (Å²) < 4.78 is 2.26. The van der Waals surface area contributed by atoms with Crippen LogP contribution in [0, 0.1) is 0 Å². The predicted octanol–water partition coefficient (Wildman–Crippen LogP) is 6.34. The third-order valence-electron chi connectivity index (χ3n) is 3.46. The molecule has 20 heavy (non-hydrogen) atoms. The van der Waals surface area contributed by atoms with E-state index in [4.69, 9.17) is 0 Å². The summed E-state index contributed by atoms with van der Waals surface area (Å²) in [7, 11) is 0. The molecule has 0 saturated heterocycles. The molecule has 1 atom stereocenters. The molecule has 2 aromatic carbocycles. The average Bonchev–Trinajstić information content (AvgIpc) is 2.47. The molecule has 0 bridgehead atoms. The molecule has 0 aliphatic heterocycles. The van der Waals surface area contributed by atoms with Crippen LogP contribution in [0.1, 0.15) is 37.4 Å². The van der Waals surface area contributed by atoms with Crippen LogP contribution in [-0.2, 0) is 6.42 Å². The Balaban J connectivity index is 2.24. The van der Waals surface area contributed by atoms with Gasteiger partial charge in [0.05, 0.1) is 6.04 Å². The van der Waals surface area contributed by atoms with Gasteiger partial charge in [-0.15, -0.1) is 0 Å². The average molecular weight is 397 g/mol. The van der Waals surface area contributed by atoms with E-state index >= 15 is 0 Å². The number of nitrogens with one attached hydrogen (secondary N) is 1. The van der Waals surface area contributed by atoms with Gasteiger partial charge in [0.2, 0.25) is 0 Å². The molecule has 0 aromatic heterocycles. The highest BCUT2D eigenvalue weighted by molar-refractivity contribution is 9.10. The fraction of sp³-hybridized carbons (Fsp3) is 0.294. The molecule has 0 radical (unpaired) electrons. The molecule has 0 aliphatic carbocycles. The zero-order chi connectivity index (χ0) is 14.5. The van der Waals surface area contributed by atoms with Crippen LogP contribution in [-0.4, -0.2) is 0 Å². The van der Waals surface area contributed by atoms with Crippen LogP contribution >= 0.6 is 31.9 Å². The standard InChI is InChI=1S/C17H19Br2N/c1-3-12-11-15(19)9-10-17(12)20-16(4-2)13-5-7-14(18)8-6-13/h5-11,16,20H,3-4H2,1-2H3. The molecule has 0 fully saturated rings. The van der Waals surface area contributed by atoms with Crippen LogP contribution in [0.5, 0.6) is 0 Å². The smallest absolute Gasteiger partial charge is 0.0511 e. The van der Waals surface area contributed by atoms with Gasteiger partial charge in [0.25, 0.3) is 0 Å². The molecule has 0 aliphatic rings. The summed E-state index contributed by atoms with van der Waals surface area (Å²) in [6.07, 6.45) is 2.08. The molecule has 2 rings (SSSR count). The van der Waals surface area contributed by atoms with Crippen molar-refractivity contribution in [2.75, 3.05) is 5.32 Å². The summed E-state index contributed by atoms with van der Waals surface area (Å²) in [5.74, 6) is 0. The van der Waals surface area contributed by atoms with E-state index < -0.39 is 0 Å². The Labute approximate surface area is 138 Å². The van der Waals surface area contributed by atoms with Gasteiger partial charge >= 0.3 is 0 Å². The second-order valence-corrected chi connectivity index (χ2v) is 6.64. The van der Waals surface area contributed by atoms with Crippen LogP contribution in [0.4, 0.5) is 5.69 Å². The van der Waals surface area contributed by atoms with Gasteiger partial charge < -0.3 is 5.32 Å². The molecule has 1 unspecified atom stereocenters. The highest BCUT2D eigenvalue weighted by Gasteiger charge is 2.11. The molecular weight excluding hydrogens is 378 g/mol. The van der Waals surface area contributed by atoms with E-state index in [0.29, 0.717) is 6.04 Å². The van der Waals surface area contributed by atoms with Gasteiger partial charge in [-0.3, -0.25) is 0 Å². The van der Waals surface area contributed by atoms with E-state index in [1.165, 1.54) is 16.8 Å². The first kappa shape index (κ1) is 15.6. The number of anilines is 1. The minimum Gasteiger partial charge on any atom is -0.378 e. The minimum absolute atomic E-state index is 0.342. The Kier molecular flexibility index (Phi) is 5.67. The Morgan fingerprint density at radius 3 is 2.20 bits per heavy atom. The van der Waals surface area contributed by atoms with Gasteiger partial charge in [-0.25, -0.2) is 0 Å². The largest absolute Gasteiger partial charge is 0.378 e. The number of halogens is 2. The second kappa shape index (κ2) is 7.28. The first-order chi connectivity index (χ1) is 9.63. The Morgan fingerprint density at radius 2 is 1.60 bits per heavy atom. The summed E-state index contributed by atoms with van der Waals surface area (Å²) in [5, 5.41) is 3.68. The van der Waals surface area contributed by atoms with Crippen molar-refractivity contribution in [1.29, 1.82) is 0 Å². The zero-order valence-corrected chi connectivity index (χ0v) is 15.0. The molecule has 1 nitrogen and oxygen atoms in total. The Morgan fingerprint density at radius 1 is 0.950 bits per heavy atom. The maximum absolute atomic E-state index is 3.68. The second-order valence-electron chi connectivity index (χ2n) is 4.81. The number of benzene rings is 2. The van der Waals surface area contributed by atoms with Crippen molar-refractivity contribution < 1.29 is 0 Å². The molecule has 1 N–H and O–H groups in total. The highest BCUT2D eigenvalue weighted by atomic mass is 79.9. The lowest BCUT2D eigenvalue weighted by Crippen LogP contribution is -2.11. The van der Waals surface area contributed by atoms with E-state index in [9.17, 15) is 0 Å². The summed E-state index contributed by atoms with van der Waals surface area (Å²) in [4.78, 5) is 0. The number of hydrogen-bond donors (Lipinski definition) is 1. The van der Waals surface area contributed by atoms with Crippen molar-refractivity contribution in [2.24, 2.45) is 0 Å². The van der Waals surface area contributed by atoms with Gasteiger partial charge in [0.1, 0.15) is 0 Å². The quantitative estimate of drug-likeness (QED) is 0.621. The van der Waals surface area contributed by atoms with E-state index in [-0.39, 0.29) is 0 Å². The van der Waals surface area contributed by atoms with Crippen molar-refractivity contribution in [3.8, 4) is 0 Å². The maximum atomic E-state index is 3.68. The Bertz CT molecular complexity index is 564. The summed E-state index contributed by atoms with van der Waals surface area (Å²) in [6.45, 7) is 4.40. The maximum Gasteiger partial charge on any atom is 0.0511 e. The SMILES string of the molecule is CCc1cc(Br)ccc1NC(CC)c1ccc(Br)cc1. The molecule has 106 valence electrons. The van der Waals surface area contributed by atoms with Gasteiger partial charge in [-0.1, -0.05) is 57.8 Å². The van der Waals surface area contributed by atoms with Crippen LogP contribution in [0.15, 0.2) is 51.4 Å². The lowest BCUT2D eigenvalue weighted by Gasteiger charge is -2.21. The monoisotopic (exact) mass is 395 g/mol. The van der Waals surface area contributed by atoms with Gasteiger partial charge in [-0.05, 0) is 54.3 Å². The Hall–Kier alpha value is -0.800. The lowest BCUT2D eigenvalue weighted by molar-refractivity contribution is 0.747. The predicted molar refractivity (Wildman–Crippen MR) is 94.3 cm³/mol. The van der Waals surface area contributed by atoms with Gasteiger partial charge in [0, 0.05) is 14.6 Å².